The third kappa shape index (κ3) is 5.99. The largest absolute Gasteiger partial charge is 0.382 e. The zero-order valence-electron chi connectivity index (χ0n) is 16.8. The Morgan fingerprint density at radius 2 is 1.83 bits per heavy atom. The fourth-order valence-corrected chi connectivity index (χ4v) is 3.41. The molecule has 0 aliphatic rings. The number of fused-ring (bicyclic) bond motifs is 1. The summed E-state index contributed by atoms with van der Waals surface area (Å²) >= 11 is 0. The van der Waals surface area contributed by atoms with Gasteiger partial charge in [-0.05, 0) is 28.7 Å². The number of hydrogen-bond acceptors (Lipinski definition) is 6. The first-order valence-corrected chi connectivity index (χ1v) is 10.7. The number of nitrogens with two attached hydrogens (primary N) is 1. The van der Waals surface area contributed by atoms with Gasteiger partial charge in [0.1, 0.15) is 0 Å². The van der Waals surface area contributed by atoms with Gasteiger partial charge in [-0.25, -0.2) is 5.43 Å². The van der Waals surface area contributed by atoms with Gasteiger partial charge in [0, 0.05) is 6.42 Å². The van der Waals surface area contributed by atoms with Crippen LogP contribution in [0, 0.1) is 5.92 Å². The summed E-state index contributed by atoms with van der Waals surface area (Å²) < 4.78 is 28.8. The van der Waals surface area contributed by atoms with Gasteiger partial charge in [0.25, 0.3) is 11.8 Å². The van der Waals surface area contributed by atoms with Crippen molar-refractivity contribution in [2.24, 2.45) is 11.7 Å². The topological polar surface area (TPSA) is 119 Å². The van der Waals surface area contributed by atoms with Crippen molar-refractivity contribution in [1.29, 1.82) is 0 Å². The zero-order chi connectivity index (χ0) is 21.6. The highest BCUT2D eigenvalue weighted by atomic mass is 32.2. The summed E-state index contributed by atoms with van der Waals surface area (Å²) in [6, 6.07) is 12.4. The second-order valence-corrected chi connectivity index (χ2v) is 8.52. The molecule has 2 aromatic rings. The van der Waals surface area contributed by atoms with E-state index in [1.165, 1.54) is 0 Å². The van der Waals surface area contributed by atoms with Gasteiger partial charge < -0.3 is 5.73 Å². The summed E-state index contributed by atoms with van der Waals surface area (Å²) in [4.78, 5) is 24.9. The highest BCUT2D eigenvalue weighted by Crippen LogP contribution is 2.17. The minimum atomic E-state index is -4.45. The number of nitrogens with one attached hydrogen (secondary N) is 1. The SMILES string of the molecule is CC[C@H](C)CC(=O)N(NC(=O)[C@@H](N)Cc1ccc2ccccc2c1)S(=O)(=O)OC. The Labute approximate surface area is 171 Å². The summed E-state index contributed by atoms with van der Waals surface area (Å²) in [6.07, 6.45) is 0.804. The van der Waals surface area contributed by atoms with Gasteiger partial charge in [0.05, 0.1) is 13.2 Å². The van der Waals surface area contributed by atoms with Crippen LogP contribution in [0.2, 0.25) is 0 Å². The molecule has 0 aromatic heterocycles. The molecular formula is C20H27N3O5S. The molecule has 0 fully saturated rings. The number of carbonyl (C=O) groups excluding carboxylic acids is 2. The molecule has 0 spiro atoms. The Kier molecular flexibility index (Phi) is 7.72. The molecule has 0 radical (unpaired) electrons. The van der Waals surface area contributed by atoms with Gasteiger partial charge in [0.2, 0.25) is 0 Å². The maximum absolute atomic E-state index is 12.5. The molecule has 0 bridgehead atoms. The molecule has 8 nitrogen and oxygen atoms in total. The second-order valence-electron chi connectivity index (χ2n) is 6.97. The fourth-order valence-electron chi connectivity index (χ4n) is 2.74. The van der Waals surface area contributed by atoms with Gasteiger partial charge in [-0.2, -0.15) is 8.42 Å². The maximum Gasteiger partial charge on any atom is 0.382 e. The van der Waals surface area contributed by atoms with Crippen LogP contribution in [0.3, 0.4) is 0 Å². The fraction of sp³-hybridized carbons (Fsp3) is 0.400. The van der Waals surface area contributed by atoms with Crippen molar-refractivity contribution in [3.63, 3.8) is 0 Å². The van der Waals surface area contributed by atoms with E-state index in [0.717, 1.165) is 23.4 Å². The number of rotatable bonds is 8. The lowest BCUT2D eigenvalue weighted by molar-refractivity contribution is -0.137. The Morgan fingerprint density at radius 3 is 2.45 bits per heavy atom. The lowest BCUT2D eigenvalue weighted by atomic mass is 10.0. The molecule has 0 saturated carbocycles. The van der Waals surface area contributed by atoms with Crippen molar-refractivity contribution in [2.75, 3.05) is 7.11 Å². The van der Waals surface area contributed by atoms with Crippen molar-refractivity contribution in [1.82, 2.24) is 9.84 Å². The average Bonchev–Trinajstić information content (AvgIpc) is 2.71. The van der Waals surface area contributed by atoms with Crippen LogP contribution in [-0.2, 0) is 30.5 Å². The van der Waals surface area contributed by atoms with Crippen LogP contribution in [0.25, 0.3) is 10.8 Å². The Bertz CT molecular complexity index is 977. The average molecular weight is 422 g/mol. The van der Waals surface area contributed by atoms with E-state index in [1.807, 2.05) is 56.3 Å². The van der Waals surface area contributed by atoms with Crippen molar-refractivity contribution in [3.05, 3.63) is 48.0 Å². The Hall–Kier alpha value is -2.49. The molecule has 158 valence electrons. The minimum Gasteiger partial charge on any atom is -0.320 e. The van der Waals surface area contributed by atoms with Gasteiger partial charge in [-0.3, -0.25) is 13.8 Å². The van der Waals surface area contributed by atoms with E-state index in [2.05, 4.69) is 9.61 Å². The zero-order valence-corrected chi connectivity index (χ0v) is 17.6. The van der Waals surface area contributed by atoms with E-state index in [0.29, 0.717) is 6.42 Å². The minimum absolute atomic E-state index is 0.0553. The summed E-state index contributed by atoms with van der Waals surface area (Å²) in [5.74, 6) is -1.64. The second kappa shape index (κ2) is 9.82. The van der Waals surface area contributed by atoms with Crippen LogP contribution < -0.4 is 11.2 Å². The van der Waals surface area contributed by atoms with Crippen LogP contribution in [0.1, 0.15) is 32.3 Å². The smallest absolute Gasteiger partial charge is 0.320 e. The van der Waals surface area contributed by atoms with Crippen molar-refractivity contribution in [3.8, 4) is 0 Å². The molecule has 0 unspecified atom stereocenters. The first-order chi connectivity index (χ1) is 13.7. The lowest BCUT2D eigenvalue weighted by Crippen LogP contribution is -2.55. The Balaban J connectivity index is 2.13. The number of amides is 2. The van der Waals surface area contributed by atoms with E-state index in [1.54, 1.807) is 0 Å². The summed E-state index contributed by atoms with van der Waals surface area (Å²) in [5, 5.41) is 2.06. The predicted octanol–water partition coefficient (Wildman–Crippen LogP) is 1.90. The number of benzene rings is 2. The highest BCUT2D eigenvalue weighted by Gasteiger charge is 2.31. The molecular weight excluding hydrogens is 394 g/mol. The maximum atomic E-state index is 12.5. The predicted molar refractivity (Wildman–Crippen MR) is 111 cm³/mol. The normalized spacial score (nSPS) is 13.7. The molecule has 0 heterocycles. The van der Waals surface area contributed by atoms with Crippen LogP contribution in [0.5, 0.6) is 0 Å². The summed E-state index contributed by atoms with van der Waals surface area (Å²) in [7, 11) is -3.53. The summed E-state index contributed by atoms with van der Waals surface area (Å²) in [6.45, 7) is 3.69. The number of nitrogens with zero attached hydrogens (tertiary/aromatic N) is 1. The number of hydrazine groups is 1. The van der Waals surface area contributed by atoms with E-state index >= 15 is 0 Å². The van der Waals surface area contributed by atoms with E-state index < -0.39 is 28.2 Å². The van der Waals surface area contributed by atoms with Crippen LogP contribution in [0.4, 0.5) is 0 Å². The standard InChI is InChI=1S/C20H27N3O5S/c1-4-14(2)11-19(24)23(29(26,27)28-3)22-20(25)18(21)13-15-9-10-16-7-5-6-8-17(16)12-15/h5-10,12,14,18H,4,11,13,21H2,1-3H3,(H,22,25)/t14-,18-/m0/s1. The first kappa shape index (κ1) is 22.8. The van der Waals surface area contributed by atoms with Crippen LogP contribution >= 0.6 is 0 Å². The number of hydrogen-bond donors (Lipinski definition) is 2. The lowest BCUT2D eigenvalue weighted by Gasteiger charge is -2.24. The molecule has 0 aliphatic heterocycles. The van der Waals surface area contributed by atoms with Crippen molar-refractivity contribution < 1.29 is 22.2 Å². The molecule has 29 heavy (non-hydrogen) atoms. The van der Waals surface area contributed by atoms with Crippen molar-refractivity contribution >= 4 is 32.9 Å². The molecule has 3 N–H and O–H groups in total. The first-order valence-electron chi connectivity index (χ1n) is 9.35. The Morgan fingerprint density at radius 1 is 1.17 bits per heavy atom. The van der Waals surface area contributed by atoms with Crippen LogP contribution in [0.15, 0.2) is 42.5 Å². The molecule has 9 heteroatoms. The summed E-state index contributed by atoms with van der Waals surface area (Å²) in [5.41, 5.74) is 8.89. The quantitative estimate of drug-likeness (QED) is 0.629. The van der Waals surface area contributed by atoms with Crippen LogP contribution in [-0.4, -0.2) is 37.8 Å². The van der Waals surface area contributed by atoms with Gasteiger partial charge in [-0.1, -0.05) is 62.7 Å². The van der Waals surface area contributed by atoms with E-state index in [4.69, 9.17) is 5.73 Å². The van der Waals surface area contributed by atoms with E-state index in [9.17, 15) is 18.0 Å². The molecule has 2 amide bonds. The molecule has 0 saturated heterocycles. The van der Waals surface area contributed by atoms with Gasteiger partial charge in [0.15, 0.2) is 0 Å². The van der Waals surface area contributed by atoms with Gasteiger partial charge >= 0.3 is 10.3 Å². The van der Waals surface area contributed by atoms with E-state index in [-0.39, 0.29) is 23.2 Å². The molecule has 2 aromatic carbocycles. The van der Waals surface area contributed by atoms with Gasteiger partial charge in [-0.15, -0.1) is 4.41 Å². The number of carbonyl (C=O) groups is 2. The molecule has 2 atom stereocenters. The third-order valence-corrected chi connectivity index (χ3v) is 5.86. The molecule has 2 rings (SSSR count). The third-order valence-electron chi connectivity index (χ3n) is 4.70. The van der Waals surface area contributed by atoms with Crippen molar-refractivity contribution in [2.45, 2.75) is 39.2 Å². The monoisotopic (exact) mass is 421 g/mol. The molecule has 0 aliphatic carbocycles. The highest BCUT2D eigenvalue weighted by molar-refractivity contribution is 7.84.